The van der Waals surface area contributed by atoms with Crippen molar-refractivity contribution in [2.75, 3.05) is 0 Å². The monoisotopic (exact) mass is 247 g/mol. The van der Waals surface area contributed by atoms with Gasteiger partial charge in [0.1, 0.15) is 10.6 Å². The van der Waals surface area contributed by atoms with E-state index in [2.05, 4.69) is 0 Å². The number of hydrogen-bond donors (Lipinski definition) is 2. The van der Waals surface area contributed by atoms with Gasteiger partial charge in [-0.05, 0) is 11.5 Å². The van der Waals surface area contributed by atoms with Crippen LogP contribution < -0.4 is 0 Å². The summed E-state index contributed by atoms with van der Waals surface area (Å²) in [6.07, 6.45) is 0. The van der Waals surface area contributed by atoms with E-state index in [4.69, 9.17) is 4.55 Å². The van der Waals surface area contributed by atoms with Crippen molar-refractivity contribution in [1.82, 2.24) is 0 Å². The molecule has 2 rings (SSSR count). The first-order valence-corrected chi connectivity index (χ1v) is 5.62. The second kappa shape index (κ2) is 4.73. The van der Waals surface area contributed by atoms with Crippen LogP contribution in [0, 0.1) is 0 Å². The van der Waals surface area contributed by atoms with Crippen LogP contribution >= 0.6 is 0 Å². The fraction of sp³-hybridized carbons (Fsp3) is 0. The van der Waals surface area contributed by atoms with Crippen molar-refractivity contribution in [3.63, 3.8) is 0 Å². The van der Waals surface area contributed by atoms with Crippen LogP contribution in [0.4, 0.5) is 0 Å². The molecule has 0 fully saturated rings. The van der Waals surface area contributed by atoms with Gasteiger partial charge in [0.25, 0.3) is 10.1 Å². The minimum Gasteiger partial charge on any atom is -0.506 e. The van der Waals surface area contributed by atoms with Crippen LogP contribution in [0.2, 0.25) is 0 Å². The number of hydrogen-bond acceptors (Lipinski definition) is 3. The molecule has 0 saturated heterocycles. The molecule has 16 heavy (non-hydrogen) atoms. The molecule has 0 spiro atoms. The predicted molar refractivity (Wildman–Crippen MR) is 61.2 cm³/mol. The molecule has 6 heteroatoms. The van der Waals surface area contributed by atoms with Gasteiger partial charge in [-0.25, -0.2) is 0 Å². The summed E-state index contributed by atoms with van der Waals surface area (Å²) in [5, 5.41) is 10.4. The Morgan fingerprint density at radius 2 is 1.62 bits per heavy atom. The third-order valence-corrected chi connectivity index (χ3v) is 3.06. The molecule has 0 aliphatic carbocycles. The number of rotatable bonds is 1. The number of phenols is 1. The normalized spacial score (nSPS) is 11.1. The zero-order valence-corrected chi connectivity index (χ0v) is 11.4. The maximum Gasteiger partial charge on any atom is 0.298 e. The quantitative estimate of drug-likeness (QED) is 0.590. The maximum absolute atomic E-state index is 11.1. The molecule has 4 nitrogen and oxygen atoms in total. The van der Waals surface area contributed by atoms with Gasteiger partial charge in [0.2, 0.25) is 0 Å². The molecule has 1 radical (unpaired) electrons. The van der Waals surface area contributed by atoms with E-state index < -0.39 is 20.8 Å². The molecular formula is C10H8NaO4S. The molecule has 0 atom stereocenters. The molecule has 0 unspecified atom stereocenters. The molecule has 0 aliphatic rings. The van der Waals surface area contributed by atoms with Gasteiger partial charge in [-0.1, -0.05) is 30.3 Å². The third-order valence-electron chi connectivity index (χ3n) is 2.12. The van der Waals surface area contributed by atoms with Crippen molar-refractivity contribution < 1.29 is 18.1 Å². The molecule has 0 bridgehead atoms. The minimum absolute atomic E-state index is 0. The van der Waals surface area contributed by atoms with E-state index in [9.17, 15) is 13.5 Å². The van der Waals surface area contributed by atoms with Crippen molar-refractivity contribution in [3.8, 4) is 5.75 Å². The summed E-state index contributed by atoms with van der Waals surface area (Å²) in [7, 11) is -4.41. The molecule has 2 N–H and O–H groups in total. The Balaban J connectivity index is 0.00000128. The first-order chi connectivity index (χ1) is 7.00. The van der Waals surface area contributed by atoms with E-state index in [0.717, 1.165) is 0 Å². The van der Waals surface area contributed by atoms with Gasteiger partial charge in [0, 0.05) is 34.9 Å². The molecule has 0 saturated carbocycles. The SMILES string of the molecule is O=S(=O)(O)c1c(O)ccc2ccccc12.[Na]. The molecule has 0 aliphatic heterocycles. The fourth-order valence-corrected chi connectivity index (χ4v) is 2.30. The van der Waals surface area contributed by atoms with Gasteiger partial charge in [-0.2, -0.15) is 8.42 Å². The van der Waals surface area contributed by atoms with Crippen LogP contribution in [0.3, 0.4) is 0 Å². The molecule has 79 valence electrons. The van der Waals surface area contributed by atoms with E-state index >= 15 is 0 Å². The maximum atomic E-state index is 11.1. The van der Waals surface area contributed by atoms with Crippen molar-refractivity contribution in [2.45, 2.75) is 4.90 Å². The Morgan fingerprint density at radius 3 is 2.25 bits per heavy atom. The summed E-state index contributed by atoms with van der Waals surface area (Å²) in [5.41, 5.74) is 0. The van der Waals surface area contributed by atoms with Crippen LogP contribution in [0.25, 0.3) is 10.8 Å². The first kappa shape index (κ1) is 13.5. The van der Waals surface area contributed by atoms with Crippen LogP contribution in [-0.4, -0.2) is 47.6 Å². The molecule has 0 amide bonds. The number of fused-ring (bicyclic) bond motifs is 1. The van der Waals surface area contributed by atoms with E-state index in [0.29, 0.717) is 10.8 Å². The van der Waals surface area contributed by atoms with Crippen molar-refractivity contribution in [1.29, 1.82) is 0 Å². The Hall–Kier alpha value is -0.590. The molecule has 2 aromatic carbocycles. The zero-order valence-electron chi connectivity index (χ0n) is 8.58. The number of phenolic OH excluding ortho intramolecular Hbond substituents is 1. The van der Waals surface area contributed by atoms with Crippen molar-refractivity contribution in [3.05, 3.63) is 36.4 Å². The van der Waals surface area contributed by atoms with Crippen LogP contribution in [0.1, 0.15) is 0 Å². The van der Waals surface area contributed by atoms with Crippen molar-refractivity contribution in [2.24, 2.45) is 0 Å². The van der Waals surface area contributed by atoms with Crippen LogP contribution in [0.15, 0.2) is 41.3 Å². The Labute approximate surface area is 115 Å². The summed E-state index contributed by atoms with van der Waals surface area (Å²) >= 11 is 0. The van der Waals surface area contributed by atoms with Gasteiger partial charge >= 0.3 is 0 Å². The van der Waals surface area contributed by atoms with E-state index in [1.165, 1.54) is 12.1 Å². The van der Waals surface area contributed by atoms with Crippen molar-refractivity contribution >= 4 is 50.4 Å². The second-order valence-corrected chi connectivity index (χ2v) is 4.47. The molecule has 2 aromatic rings. The van der Waals surface area contributed by atoms with Gasteiger partial charge in [-0.3, -0.25) is 4.55 Å². The summed E-state index contributed by atoms with van der Waals surface area (Å²) in [6.45, 7) is 0. The van der Waals surface area contributed by atoms with Gasteiger partial charge in [-0.15, -0.1) is 0 Å². The second-order valence-electron chi connectivity index (χ2n) is 3.11. The topological polar surface area (TPSA) is 74.6 Å². The van der Waals surface area contributed by atoms with Crippen LogP contribution in [0.5, 0.6) is 5.75 Å². The van der Waals surface area contributed by atoms with E-state index in [-0.39, 0.29) is 29.6 Å². The van der Waals surface area contributed by atoms with Gasteiger partial charge in [0.05, 0.1) is 0 Å². The first-order valence-electron chi connectivity index (χ1n) is 4.18. The minimum atomic E-state index is -4.41. The smallest absolute Gasteiger partial charge is 0.298 e. The van der Waals surface area contributed by atoms with Gasteiger partial charge in [0.15, 0.2) is 0 Å². The number of benzene rings is 2. The molecule has 0 heterocycles. The predicted octanol–water partition coefficient (Wildman–Crippen LogP) is 1.41. The average Bonchev–Trinajstić information content (AvgIpc) is 2.15. The zero-order chi connectivity index (χ0) is 11.1. The Morgan fingerprint density at radius 1 is 1.00 bits per heavy atom. The van der Waals surface area contributed by atoms with E-state index in [1.807, 2.05) is 0 Å². The Kier molecular flexibility index (Phi) is 3.98. The number of aromatic hydroxyl groups is 1. The Bertz CT molecular complexity index is 622. The summed E-state index contributed by atoms with van der Waals surface area (Å²) in [5.74, 6) is -0.448. The fourth-order valence-electron chi connectivity index (χ4n) is 1.50. The summed E-state index contributed by atoms with van der Waals surface area (Å²) in [4.78, 5) is -0.444. The van der Waals surface area contributed by atoms with Crippen LogP contribution in [-0.2, 0) is 10.1 Å². The van der Waals surface area contributed by atoms with E-state index in [1.54, 1.807) is 24.3 Å². The third kappa shape index (κ3) is 2.39. The standard InChI is InChI=1S/C10H8O4S.Na/c11-9-6-5-7-3-1-2-4-8(7)10(9)15(12,13)14;/h1-6,11H,(H,12,13,14);. The molecular weight excluding hydrogens is 239 g/mol. The average molecular weight is 247 g/mol. The summed E-state index contributed by atoms with van der Waals surface area (Å²) in [6, 6.07) is 9.43. The molecule has 0 aromatic heterocycles. The largest absolute Gasteiger partial charge is 0.506 e. The summed E-state index contributed by atoms with van der Waals surface area (Å²) < 4.78 is 31.1. The van der Waals surface area contributed by atoms with Gasteiger partial charge < -0.3 is 5.11 Å².